The Morgan fingerprint density at radius 1 is 1.08 bits per heavy atom. The average molecular weight is 541 g/mol. The van der Waals surface area contributed by atoms with E-state index in [1.54, 1.807) is 0 Å². The summed E-state index contributed by atoms with van der Waals surface area (Å²) >= 11 is 6.26. The van der Waals surface area contributed by atoms with Crippen LogP contribution in [-0.4, -0.2) is 18.5 Å². The van der Waals surface area contributed by atoms with Gasteiger partial charge in [0.15, 0.2) is 0 Å². The van der Waals surface area contributed by atoms with Gasteiger partial charge >= 0.3 is 12.2 Å². The van der Waals surface area contributed by atoms with Gasteiger partial charge in [0.05, 0.1) is 29.5 Å². The van der Waals surface area contributed by atoms with E-state index in [1.165, 1.54) is 12.1 Å². The lowest BCUT2D eigenvalue weighted by atomic mass is 9.90. The van der Waals surface area contributed by atoms with E-state index >= 15 is 0 Å². The summed E-state index contributed by atoms with van der Waals surface area (Å²) in [5, 5.41) is 5.01. The summed E-state index contributed by atoms with van der Waals surface area (Å²) in [6.07, 6.45) is -6.59. The van der Waals surface area contributed by atoms with Gasteiger partial charge in [-0.1, -0.05) is 11.6 Å². The second-order valence-electron chi connectivity index (χ2n) is 8.50. The van der Waals surface area contributed by atoms with Crippen LogP contribution in [0.2, 0.25) is 5.02 Å². The maximum atomic E-state index is 14.9. The Morgan fingerprint density at radius 2 is 1.81 bits per heavy atom. The second-order valence-corrected chi connectivity index (χ2v) is 8.90. The van der Waals surface area contributed by atoms with E-state index in [0.717, 1.165) is 17.0 Å². The predicted octanol–water partition coefficient (Wildman–Crippen LogP) is 6.11. The molecule has 2 aliphatic heterocycles. The monoisotopic (exact) mass is 540 g/mol. The Bertz CT molecular complexity index is 1480. The van der Waals surface area contributed by atoms with Crippen LogP contribution in [0.25, 0.3) is 0 Å². The van der Waals surface area contributed by atoms with Gasteiger partial charge in [-0.05, 0) is 42.5 Å². The van der Waals surface area contributed by atoms with E-state index < -0.39 is 59.6 Å². The molecule has 5 rings (SSSR count). The van der Waals surface area contributed by atoms with Gasteiger partial charge in [-0.25, -0.2) is 18.0 Å². The molecule has 4 N–H and O–H groups in total. The fourth-order valence-electron chi connectivity index (χ4n) is 4.58. The Labute approximate surface area is 210 Å². The van der Waals surface area contributed by atoms with Gasteiger partial charge in [0.2, 0.25) is 0 Å². The number of benzene rings is 3. The predicted molar refractivity (Wildman–Crippen MR) is 123 cm³/mol. The first-order chi connectivity index (χ1) is 17.3. The smallest absolute Gasteiger partial charge is 0.398 e. The minimum absolute atomic E-state index is 0.0205. The summed E-state index contributed by atoms with van der Waals surface area (Å²) in [4.78, 5) is 26.8. The maximum absolute atomic E-state index is 14.9. The molecule has 37 heavy (non-hydrogen) atoms. The first-order valence-corrected chi connectivity index (χ1v) is 11.1. The number of nitrogens with two attached hydrogens (primary N) is 1. The van der Waals surface area contributed by atoms with Crippen molar-refractivity contribution in [1.82, 2.24) is 5.32 Å². The van der Waals surface area contributed by atoms with Crippen molar-refractivity contribution in [2.75, 3.05) is 22.5 Å². The van der Waals surface area contributed by atoms with Crippen LogP contribution in [0.1, 0.15) is 44.8 Å². The molecule has 2 atom stereocenters. The summed E-state index contributed by atoms with van der Waals surface area (Å²) in [6.45, 7) is -0.391. The zero-order chi connectivity index (χ0) is 26.8. The third-order valence-corrected chi connectivity index (χ3v) is 6.49. The molecule has 0 aliphatic carbocycles. The molecule has 0 saturated heterocycles. The van der Waals surface area contributed by atoms with Crippen molar-refractivity contribution in [3.8, 4) is 0 Å². The highest BCUT2D eigenvalue weighted by atomic mass is 35.5. The third-order valence-electron chi connectivity index (χ3n) is 6.14. The lowest BCUT2D eigenvalue weighted by molar-refractivity contribution is -0.137. The number of alkyl halides is 4. The first-order valence-electron chi connectivity index (χ1n) is 10.7. The summed E-state index contributed by atoms with van der Waals surface area (Å²) in [5.41, 5.74) is 3.87. The average Bonchev–Trinajstić information content (AvgIpc) is 3.17. The minimum Gasteiger partial charge on any atom is -0.398 e. The van der Waals surface area contributed by atoms with Crippen LogP contribution >= 0.6 is 11.6 Å². The Kier molecular flexibility index (Phi) is 5.74. The van der Waals surface area contributed by atoms with E-state index in [1.807, 2.05) is 0 Å². The molecule has 2 unspecified atom stereocenters. The number of nitrogen functional groups attached to an aromatic ring is 1. The topological polar surface area (TPSA) is 87.5 Å². The fourth-order valence-corrected chi connectivity index (χ4v) is 4.81. The van der Waals surface area contributed by atoms with Crippen LogP contribution in [0.4, 0.5) is 48.2 Å². The molecule has 0 radical (unpaired) electrons. The van der Waals surface area contributed by atoms with Crippen molar-refractivity contribution in [3.05, 3.63) is 86.9 Å². The number of nitrogens with zero attached hydrogens (tertiary/aromatic N) is 1. The van der Waals surface area contributed by atoms with Crippen molar-refractivity contribution >= 4 is 40.6 Å². The molecule has 0 saturated carbocycles. The lowest BCUT2D eigenvalue weighted by Gasteiger charge is -2.35. The SMILES string of the molecule is Nc1cc(NC(=O)c2cc(F)cc(C(F)(F)F)c2)c2c3c1C(F)CN3C(=O)NC2c1cc(F)ccc1Cl. The Hall–Kier alpha value is -3.93. The molecule has 0 fully saturated rings. The number of carbonyl (C=O) groups excluding carboxylic acids is 2. The number of carbonyl (C=O) groups is 2. The number of hydrogen-bond donors (Lipinski definition) is 3. The molecule has 192 valence electrons. The van der Waals surface area contributed by atoms with Crippen LogP contribution in [0.15, 0.2) is 42.5 Å². The summed E-state index contributed by atoms with van der Waals surface area (Å²) in [6, 6.07) is 3.92. The molecule has 2 heterocycles. The number of anilines is 3. The molecule has 6 nitrogen and oxygen atoms in total. The van der Waals surface area contributed by atoms with E-state index in [9.17, 15) is 35.9 Å². The molecule has 2 aliphatic rings. The molecular formula is C24H15ClF6N4O2. The number of halogens is 7. The lowest BCUT2D eigenvalue weighted by Crippen LogP contribution is -2.46. The van der Waals surface area contributed by atoms with Crippen molar-refractivity contribution < 1.29 is 35.9 Å². The van der Waals surface area contributed by atoms with Crippen LogP contribution in [-0.2, 0) is 6.18 Å². The van der Waals surface area contributed by atoms with Crippen molar-refractivity contribution in [1.29, 1.82) is 0 Å². The minimum atomic E-state index is -4.92. The van der Waals surface area contributed by atoms with Crippen LogP contribution in [0, 0.1) is 11.6 Å². The number of rotatable bonds is 3. The van der Waals surface area contributed by atoms with Crippen molar-refractivity contribution in [2.24, 2.45) is 0 Å². The number of urea groups is 1. The largest absolute Gasteiger partial charge is 0.416 e. The van der Waals surface area contributed by atoms with Crippen LogP contribution < -0.4 is 21.3 Å². The molecule has 0 bridgehead atoms. The summed E-state index contributed by atoms with van der Waals surface area (Å²) in [5.74, 6) is -3.13. The van der Waals surface area contributed by atoms with Gasteiger partial charge < -0.3 is 16.4 Å². The molecule has 0 aromatic heterocycles. The fraction of sp³-hybridized carbons (Fsp3) is 0.167. The van der Waals surface area contributed by atoms with Crippen molar-refractivity contribution in [3.63, 3.8) is 0 Å². The molecule has 13 heteroatoms. The first kappa shape index (κ1) is 24.8. The van der Waals surface area contributed by atoms with Crippen LogP contribution in [0.5, 0.6) is 0 Å². The molecular weight excluding hydrogens is 526 g/mol. The zero-order valence-corrected chi connectivity index (χ0v) is 19.1. The molecule has 3 aromatic carbocycles. The van der Waals surface area contributed by atoms with Crippen molar-refractivity contribution in [2.45, 2.75) is 18.4 Å². The second kappa shape index (κ2) is 8.58. The molecule has 0 spiro atoms. The molecule has 3 amide bonds. The van der Waals surface area contributed by atoms with E-state index in [2.05, 4.69) is 10.6 Å². The third kappa shape index (κ3) is 4.20. The highest BCUT2D eigenvalue weighted by Crippen LogP contribution is 2.52. The number of nitrogens with one attached hydrogen (secondary N) is 2. The highest BCUT2D eigenvalue weighted by Gasteiger charge is 2.44. The normalized spacial score (nSPS) is 18.5. The Balaban J connectivity index is 1.67. The van der Waals surface area contributed by atoms with Gasteiger partial charge in [-0.2, -0.15) is 13.2 Å². The molecule has 3 aromatic rings. The standard InChI is InChI=1S/C24H15ClF6N4O2/c25-14-2-1-11(26)6-13(14)20-19-17(7-16(32)18-15(28)8-35(21(18)19)23(37)34-20)33-22(36)9-3-10(24(29,30)31)5-12(27)4-9/h1-7,15,20H,8,32H2,(H,33,36)(H,34,37). The van der Waals surface area contributed by atoms with Gasteiger partial charge in [-0.15, -0.1) is 0 Å². The van der Waals surface area contributed by atoms with E-state index in [-0.39, 0.29) is 44.8 Å². The van der Waals surface area contributed by atoms with E-state index in [0.29, 0.717) is 12.1 Å². The maximum Gasteiger partial charge on any atom is 0.416 e. The van der Waals surface area contributed by atoms with Crippen LogP contribution in [0.3, 0.4) is 0 Å². The van der Waals surface area contributed by atoms with Gasteiger partial charge in [0.25, 0.3) is 5.91 Å². The summed E-state index contributed by atoms with van der Waals surface area (Å²) < 4.78 is 82.4. The van der Waals surface area contributed by atoms with Gasteiger partial charge in [-0.3, -0.25) is 9.69 Å². The number of hydrogen-bond acceptors (Lipinski definition) is 3. The zero-order valence-electron chi connectivity index (χ0n) is 18.4. The Morgan fingerprint density at radius 3 is 2.51 bits per heavy atom. The summed E-state index contributed by atoms with van der Waals surface area (Å²) in [7, 11) is 0. The highest BCUT2D eigenvalue weighted by molar-refractivity contribution is 6.31. The quantitative estimate of drug-likeness (QED) is 0.276. The number of amides is 3. The van der Waals surface area contributed by atoms with Gasteiger partial charge in [0.1, 0.15) is 17.8 Å². The van der Waals surface area contributed by atoms with Gasteiger partial charge in [0, 0.05) is 33.0 Å². The van der Waals surface area contributed by atoms with E-state index in [4.69, 9.17) is 17.3 Å².